The lowest BCUT2D eigenvalue weighted by molar-refractivity contribution is -0.118. The summed E-state index contributed by atoms with van der Waals surface area (Å²) in [4.78, 5) is 12.7. The molecule has 0 atom stereocenters. The monoisotopic (exact) mass is 573 g/mol. The average molecular weight is 574 g/mol. The topological polar surface area (TPSA) is 99.9 Å². The summed E-state index contributed by atoms with van der Waals surface area (Å²) in [6, 6.07) is 19.9. The van der Waals surface area contributed by atoms with Crippen LogP contribution >= 0.6 is 11.8 Å². The number of benzene rings is 3. The van der Waals surface area contributed by atoms with Crippen LogP contribution < -0.4 is 19.6 Å². The first kappa shape index (κ1) is 29.7. The number of hydrogen-bond acceptors (Lipinski definition) is 8. The molecule has 0 fully saturated rings. The van der Waals surface area contributed by atoms with E-state index in [1.807, 2.05) is 35.8 Å². The number of ether oxygens (including phenoxy) is 3. The Morgan fingerprint density at radius 2 is 1.56 bits per heavy atom. The molecule has 4 aromatic rings. The molecule has 0 aliphatic carbocycles. The molecule has 0 bridgehead atoms. The van der Waals surface area contributed by atoms with Crippen LogP contribution in [0.3, 0.4) is 0 Å². The second-order valence-electron chi connectivity index (χ2n) is 10.3. The number of aromatic nitrogens is 3. The number of hydrogen-bond donors (Lipinski definition) is 1. The van der Waals surface area contributed by atoms with E-state index >= 15 is 0 Å². The number of amides is 1. The van der Waals surface area contributed by atoms with Gasteiger partial charge in [0.05, 0.1) is 33.3 Å². The van der Waals surface area contributed by atoms with Gasteiger partial charge >= 0.3 is 0 Å². The summed E-state index contributed by atoms with van der Waals surface area (Å²) in [6.45, 7) is 8.60. The lowest BCUT2D eigenvalue weighted by atomic mass is 9.87. The predicted molar refractivity (Wildman–Crippen MR) is 163 cm³/mol. The summed E-state index contributed by atoms with van der Waals surface area (Å²) < 4.78 is 18.0. The van der Waals surface area contributed by atoms with Crippen molar-refractivity contribution in [3.63, 3.8) is 0 Å². The molecule has 1 aromatic heterocycles. The molecule has 1 N–H and O–H groups in total. The van der Waals surface area contributed by atoms with Crippen LogP contribution in [0.4, 0.5) is 0 Å². The lowest BCUT2D eigenvalue weighted by Crippen LogP contribution is -2.20. The van der Waals surface area contributed by atoms with Crippen LogP contribution in [0.1, 0.15) is 37.5 Å². The van der Waals surface area contributed by atoms with Gasteiger partial charge in [0, 0.05) is 22.9 Å². The molecular weight excluding hydrogens is 538 g/mol. The summed E-state index contributed by atoms with van der Waals surface area (Å²) in [7, 11) is 4.64. The standard InChI is InChI=1S/C31H35N5O4S/c1-20-8-14-24(15-9-20)36-29(21-10-12-23(13-11-21)31(2,3)4)34-35-30(36)41-19-28(37)33-32-18-22-16-26(39-6)27(40-7)17-25(22)38-5/h8-18H,19H2,1-7H3,(H,33,37). The number of nitrogens with one attached hydrogen (secondary N) is 1. The zero-order valence-electron chi connectivity index (χ0n) is 24.4. The molecule has 214 valence electrons. The van der Waals surface area contributed by atoms with E-state index in [9.17, 15) is 4.79 Å². The zero-order chi connectivity index (χ0) is 29.6. The molecule has 0 saturated heterocycles. The Bertz CT molecular complexity index is 1520. The Hall–Kier alpha value is -4.31. The highest BCUT2D eigenvalue weighted by atomic mass is 32.2. The van der Waals surface area contributed by atoms with Gasteiger partial charge in [0.25, 0.3) is 5.91 Å². The number of nitrogens with zero attached hydrogens (tertiary/aromatic N) is 4. The van der Waals surface area contributed by atoms with Gasteiger partial charge in [-0.3, -0.25) is 9.36 Å². The Kier molecular flexibility index (Phi) is 9.34. The molecule has 41 heavy (non-hydrogen) atoms. The molecule has 4 rings (SSSR count). The summed E-state index contributed by atoms with van der Waals surface area (Å²) in [6.07, 6.45) is 1.50. The minimum atomic E-state index is -0.291. The molecule has 0 aliphatic rings. The largest absolute Gasteiger partial charge is 0.496 e. The Morgan fingerprint density at radius 1 is 0.927 bits per heavy atom. The quantitative estimate of drug-likeness (QED) is 0.145. The van der Waals surface area contributed by atoms with Gasteiger partial charge in [-0.05, 0) is 36.1 Å². The van der Waals surface area contributed by atoms with Gasteiger partial charge in [-0.25, -0.2) is 5.43 Å². The molecule has 3 aromatic carbocycles. The number of methoxy groups -OCH3 is 3. The van der Waals surface area contributed by atoms with Gasteiger partial charge in [-0.15, -0.1) is 10.2 Å². The number of carbonyl (C=O) groups is 1. The highest BCUT2D eigenvalue weighted by molar-refractivity contribution is 7.99. The highest BCUT2D eigenvalue weighted by Gasteiger charge is 2.19. The van der Waals surface area contributed by atoms with E-state index in [4.69, 9.17) is 14.2 Å². The van der Waals surface area contributed by atoms with E-state index in [2.05, 4.69) is 65.8 Å². The summed E-state index contributed by atoms with van der Waals surface area (Å²) in [5.74, 6) is 2.09. The van der Waals surface area contributed by atoms with E-state index in [0.29, 0.717) is 33.8 Å². The van der Waals surface area contributed by atoms with Crippen LogP contribution in [0.5, 0.6) is 17.2 Å². The van der Waals surface area contributed by atoms with Crippen molar-refractivity contribution in [3.05, 3.63) is 77.4 Å². The van der Waals surface area contributed by atoms with Gasteiger partial charge in [-0.2, -0.15) is 5.10 Å². The second-order valence-corrected chi connectivity index (χ2v) is 11.3. The Morgan fingerprint density at radius 3 is 2.17 bits per heavy atom. The fraction of sp³-hybridized carbons (Fsp3) is 0.290. The van der Waals surface area contributed by atoms with E-state index in [-0.39, 0.29) is 17.1 Å². The van der Waals surface area contributed by atoms with Crippen molar-refractivity contribution in [3.8, 4) is 34.3 Å². The molecule has 0 saturated carbocycles. The van der Waals surface area contributed by atoms with Crippen molar-refractivity contribution in [2.24, 2.45) is 5.10 Å². The highest BCUT2D eigenvalue weighted by Crippen LogP contribution is 2.34. The minimum Gasteiger partial charge on any atom is -0.496 e. The van der Waals surface area contributed by atoms with E-state index in [1.54, 1.807) is 33.5 Å². The average Bonchev–Trinajstić information content (AvgIpc) is 3.39. The predicted octanol–water partition coefficient (Wildman–Crippen LogP) is 5.81. The van der Waals surface area contributed by atoms with E-state index in [0.717, 1.165) is 16.8 Å². The fourth-order valence-corrected chi connectivity index (χ4v) is 4.83. The third kappa shape index (κ3) is 7.07. The van der Waals surface area contributed by atoms with Crippen molar-refractivity contribution >= 4 is 23.9 Å². The molecule has 0 spiro atoms. The first-order chi connectivity index (χ1) is 19.6. The molecule has 0 radical (unpaired) electrons. The van der Waals surface area contributed by atoms with Gasteiger partial charge < -0.3 is 14.2 Å². The van der Waals surface area contributed by atoms with Gasteiger partial charge in [-0.1, -0.05) is 74.5 Å². The van der Waals surface area contributed by atoms with Gasteiger partial charge in [0.2, 0.25) is 0 Å². The third-order valence-electron chi connectivity index (χ3n) is 6.40. The number of hydrazone groups is 1. The molecule has 9 nitrogen and oxygen atoms in total. The van der Waals surface area contributed by atoms with Crippen molar-refractivity contribution < 1.29 is 19.0 Å². The summed E-state index contributed by atoms with van der Waals surface area (Å²) >= 11 is 1.28. The summed E-state index contributed by atoms with van der Waals surface area (Å²) in [5.41, 5.74) is 7.48. The Balaban J connectivity index is 1.52. The van der Waals surface area contributed by atoms with Crippen molar-refractivity contribution in [1.29, 1.82) is 0 Å². The third-order valence-corrected chi connectivity index (χ3v) is 7.32. The molecule has 1 amide bonds. The number of aryl methyl sites for hydroxylation is 1. The maximum absolute atomic E-state index is 12.7. The molecule has 1 heterocycles. The van der Waals surface area contributed by atoms with Gasteiger partial charge in [0.15, 0.2) is 22.5 Å². The van der Waals surface area contributed by atoms with Crippen LogP contribution in [0, 0.1) is 6.92 Å². The Labute approximate surface area is 244 Å². The molecule has 0 aliphatic heterocycles. The molecule has 0 unspecified atom stereocenters. The molecule has 10 heteroatoms. The van der Waals surface area contributed by atoms with Gasteiger partial charge in [0.1, 0.15) is 5.75 Å². The first-order valence-electron chi connectivity index (χ1n) is 13.0. The van der Waals surface area contributed by atoms with Crippen LogP contribution in [0.15, 0.2) is 70.9 Å². The number of carbonyl (C=O) groups excluding carboxylic acids is 1. The maximum atomic E-state index is 12.7. The zero-order valence-corrected chi connectivity index (χ0v) is 25.2. The normalized spacial score (nSPS) is 11.5. The van der Waals surface area contributed by atoms with Crippen LogP contribution in [-0.2, 0) is 10.2 Å². The molecular formula is C31H35N5O4S. The smallest absolute Gasteiger partial charge is 0.250 e. The fourth-order valence-electron chi connectivity index (χ4n) is 4.09. The summed E-state index contributed by atoms with van der Waals surface area (Å²) in [5, 5.41) is 13.6. The van der Waals surface area contributed by atoms with Crippen molar-refractivity contribution in [2.45, 2.75) is 38.3 Å². The first-order valence-corrected chi connectivity index (χ1v) is 14.0. The van der Waals surface area contributed by atoms with E-state index < -0.39 is 0 Å². The maximum Gasteiger partial charge on any atom is 0.250 e. The van der Waals surface area contributed by atoms with Crippen LogP contribution in [-0.4, -0.2) is 54.0 Å². The van der Waals surface area contributed by atoms with E-state index in [1.165, 1.54) is 23.5 Å². The minimum absolute atomic E-state index is 0.0462. The van der Waals surface area contributed by atoms with Crippen LogP contribution in [0.25, 0.3) is 17.1 Å². The number of rotatable bonds is 10. The van der Waals surface area contributed by atoms with Crippen LogP contribution in [0.2, 0.25) is 0 Å². The SMILES string of the molecule is COc1cc(OC)c(OC)cc1C=NNC(=O)CSc1nnc(-c2ccc(C(C)(C)C)cc2)n1-c1ccc(C)cc1. The lowest BCUT2D eigenvalue weighted by Gasteiger charge is -2.19. The van der Waals surface area contributed by atoms with Crippen molar-refractivity contribution in [2.75, 3.05) is 27.1 Å². The second kappa shape index (κ2) is 12.9. The number of thioether (sulfide) groups is 1. The van der Waals surface area contributed by atoms with Crippen molar-refractivity contribution in [1.82, 2.24) is 20.2 Å².